The number of benzene rings is 1. The number of carbonyl (C=O) groups is 1. The Morgan fingerprint density at radius 3 is 1.71 bits per heavy atom. The average molecular weight is 308 g/mol. The Morgan fingerprint density at radius 2 is 1.33 bits per heavy atom. The van der Waals surface area contributed by atoms with E-state index in [9.17, 15) is 4.79 Å². The molecule has 0 atom stereocenters. The average Bonchev–Trinajstić information content (AvgIpc) is 2.39. The fraction of sp³-hybridized carbons (Fsp3) is 0.611. The van der Waals surface area contributed by atoms with Gasteiger partial charge >= 0.3 is 0 Å². The first-order valence-electron chi connectivity index (χ1n) is 7.29. The van der Waals surface area contributed by atoms with E-state index in [2.05, 4.69) is 54.2 Å². The number of methoxy groups -OCH3 is 1. The molecule has 21 heavy (non-hydrogen) atoms. The molecule has 0 N–H and O–H groups in total. The summed E-state index contributed by atoms with van der Waals surface area (Å²) in [5, 5.41) is -0.107. The molecule has 0 radical (unpaired) electrons. The maximum Gasteiger partial charge on any atom is 0.192 e. The first-order chi connectivity index (χ1) is 9.41. The number of hydrogen-bond acceptors (Lipinski definition) is 2. The third-order valence-electron chi connectivity index (χ3n) is 5.56. The molecule has 0 aliphatic carbocycles. The molecular formula is C18H28O2S. The van der Waals surface area contributed by atoms with Crippen molar-refractivity contribution in [1.29, 1.82) is 0 Å². The van der Waals surface area contributed by atoms with Crippen LogP contribution in [0.5, 0.6) is 5.75 Å². The second-order valence-electron chi connectivity index (χ2n) is 6.96. The first kappa shape index (κ1) is 18.1. The maximum absolute atomic E-state index is 12.1. The predicted octanol–water partition coefficient (Wildman–Crippen LogP) is 4.69. The van der Waals surface area contributed by atoms with E-state index in [0.717, 1.165) is 16.9 Å². The number of hydrogen-bond donors (Lipinski definition) is 1. The molecule has 0 bridgehead atoms. The fourth-order valence-corrected chi connectivity index (χ4v) is 3.15. The third-order valence-corrected chi connectivity index (χ3v) is 6.12. The fourth-order valence-electron chi connectivity index (χ4n) is 2.87. The van der Waals surface area contributed by atoms with E-state index in [4.69, 9.17) is 4.74 Å². The minimum Gasteiger partial charge on any atom is -0.496 e. The molecule has 0 spiro atoms. The summed E-state index contributed by atoms with van der Waals surface area (Å²) in [4.78, 5) is 12.1. The Labute approximate surface area is 134 Å². The highest BCUT2D eigenvalue weighted by Crippen LogP contribution is 2.49. The number of thiol groups is 1. The second kappa shape index (κ2) is 5.68. The molecule has 0 unspecified atom stereocenters. The van der Waals surface area contributed by atoms with E-state index >= 15 is 0 Å². The molecule has 0 aliphatic rings. The summed E-state index contributed by atoms with van der Waals surface area (Å²) in [6.07, 6.45) is 0. The SMILES string of the molecule is COc1c(C)c(C)c(C)c(C)c1C(C)(C)C(C)(C)C(=O)S. The van der Waals surface area contributed by atoms with Crippen molar-refractivity contribution >= 4 is 17.7 Å². The minimum atomic E-state index is -0.595. The zero-order chi connectivity index (χ0) is 16.7. The van der Waals surface area contributed by atoms with E-state index in [1.807, 2.05) is 13.8 Å². The lowest BCUT2D eigenvalue weighted by molar-refractivity contribution is -0.120. The van der Waals surface area contributed by atoms with Gasteiger partial charge in [-0.1, -0.05) is 27.7 Å². The van der Waals surface area contributed by atoms with Crippen molar-refractivity contribution in [3.8, 4) is 5.75 Å². The normalized spacial score (nSPS) is 12.5. The number of rotatable bonds is 4. The smallest absolute Gasteiger partial charge is 0.192 e. The van der Waals surface area contributed by atoms with Crippen LogP contribution in [0.3, 0.4) is 0 Å². The van der Waals surface area contributed by atoms with E-state index in [-0.39, 0.29) is 10.5 Å². The van der Waals surface area contributed by atoms with E-state index in [1.54, 1.807) is 7.11 Å². The lowest BCUT2D eigenvalue weighted by Crippen LogP contribution is -2.42. The van der Waals surface area contributed by atoms with Gasteiger partial charge in [-0.2, -0.15) is 0 Å². The topological polar surface area (TPSA) is 26.3 Å². The summed E-state index contributed by atoms with van der Waals surface area (Å²) >= 11 is 4.11. The second-order valence-corrected chi connectivity index (χ2v) is 7.37. The molecule has 2 nitrogen and oxygen atoms in total. The molecule has 0 aromatic heterocycles. The molecule has 0 fully saturated rings. The van der Waals surface area contributed by atoms with Crippen molar-refractivity contribution in [3.05, 3.63) is 27.8 Å². The van der Waals surface area contributed by atoms with Crippen molar-refractivity contribution in [2.75, 3.05) is 7.11 Å². The summed E-state index contributed by atoms with van der Waals surface area (Å²) in [5.41, 5.74) is 4.98. The molecule has 1 rings (SSSR count). The monoisotopic (exact) mass is 308 g/mol. The van der Waals surface area contributed by atoms with Crippen LogP contribution in [0.1, 0.15) is 55.5 Å². The highest BCUT2D eigenvalue weighted by molar-refractivity contribution is 7.96. The van der Waals surface area contributed by atoms with Crippen molar-refractivity contribution in [2.24, 2.45) is 5.41 Å². The lowest BCUT2D eigenvalue weighted by atomic mass is 9.62. The third kappa shape index (κ3) is 2.61. The highest BCUT2D eigenvalue weighted by Gasteiger charge is 2.45. The van der Waals surface area contributed by atoms with Crippen molar-refractivity contribution in [1.82, 2.24) is 0 Å². The summed E-state index contributed by atoms with van der Waals surface area (Å²) in [7, 11) is 1.70. The van der Waals surface area contributed by atoms with Gasteiger partial charge in [-0.3, -0.25) is 4.79 Å². The Bertz CT molecular complexity index is 584. The highest BCUT2D eigenvalue weighted by atomic mass is 32.1. The molecule has 1 aromatic carbocycles. The van der Waals surface area contributed by atoms with Crippen molar-refractivity contribution < 1.29 is 9.53 Å². The van der Waals surface area contributed by atoms with Gasteiger partial charge in [0.1, 0.15) is 5.75 Å². The Balaban J connectivity index is 3.83. The van der Waals surface area contributed by atoms with Crippen LogP contribution in [0, 0.1) is 33.1 Å². The predicted molar refractivity (Wildman–Crippen MR) is 92.7 cm³/mol. The zero-order valence-electron chi connectivity index (χ0n) is 14.8. The molecular weight excluding hydrogens is 280 g/mol. The van der Waals surface area contributed by atoms with Gasteiger partial charge in [0, 0.05) is 16.4 Å². The van der Waals surface area contributed by atoms with Crippen LogP contribution in [0.25, 0.3) is 0 Å². The summed E-state index contributed by atoms with van der Waals surface area (Å²) < 4.78 is 5.72. The van der Waals surface area contributed by atoms with Crippen LogP contribution < -0.4 is 4.74 Å². The van der Waals surface area contributed by atoms with Gasteiger partial charge < -0.3 is 4.74 Å². The molecule has 1 aromatic rings. The molecule has 118 valence electrons. The van der Waals surface area contributed by atoms with E-state index in [1.165, 1.54) is 16.7 Å². The number of ether oxygens (including phenoxy) is 1. The van der Waals surface area contributed by atoms with Gasteiger partial charge in [-0.05, 0) is 49.9 Å². The van der Waals surface area contributed by atoms with Crippen LogP contribution in [0.4, 0.5) is 0 Å². The summed E-state index contributed by atoms with van der Waals surface area (Å²) in [6, 6.07) is 0. The van der Waals surface area contributed by atoms with E-state index in [0.29, 0.717) is 0 Å². The summed E-state index contributed by atoms with van der Waals surface area (Å²) in [5.74, 6) is 0.892. The molecule has 0 saturated carbocycles. The summed E-state index contributed by atoms with van der Waals surface area (Å²) in [6.45, 7) is 16.5. The van der Waals surface area contributed by atoms with Gasteiger partial charge in [-0.25, -0.2) is 0 Å². The first-order valence-corrected chi connectivity index (χ1v) is 7.74. The standard InChI is InChI=1S/C18H28O2S/c1-10-11(2)13(4)15(20-9)14(12(10)3)17(5,6)18(7,8)16(19)21/h1-9H3,(H,19,21). The van der Waals surface area contributed by atoms with Crippen molar-refractivity contribution in [2.45, 2.75) is 60.8 Å². The quantitative estimate of drug-likeness (QED) is 0.817. The lowest BCUT2D eigenvalue weighted by Gasteiger charge is -2.42. The van der Waals surface area contributed by atoms with Crippen molar-refractivity contribution in [3.63, 3.8) is 0 Å². The van der Waals surface area contributed by atoms with Gasteiger partial charge in [0.25, 0.3) is 0 Å². The van der Waals surface area contributed by atoms with Crippen LogP contribution >= 0.6 is 12.6 Å². The largest absolute Gasteiger partial charge is 0.496 e. The van der Waals surface area contributed by atoms with Gasteiger partial charge in [-0.15, -0.1) is 12.6 Å². The van der Waals surface area contributed by atoms with E-state index < -0.39 is 5.41 Å². The molecule has 0 aliphatic heterocycles. The Kier molecular flexibility index (Phi) is 4.89. The van der Waals surface area contributed by atoms with Crippen LogP contribution in [-0.4, -0.2) is 12.2 Å². The zero-order valence-corrected chi connectivity index (χ0v) is 15.7. The molecule has 3 heteroatoms. The van der Waals surface area contributed by atoms with Gasteiger partial charge in [0.05, 0.1) is 7.11 Å². The Hall–Kier alpha value is -0.960. The minimum absolute atomic E-state index is 0.107. The van der Waals surface area contributed by atoms with Crippen LogP contribution in [0.15, 0.2) is 0 Å². The Morgan fingerprint density at radius 1 is 0.905 bits per heavy atom. The molecule has 0 saturated heterocycles. The van der Waals surface area contributed by atoms with Gasteiger partial charge in [0.15, 0.2) is 5.12 Å². The maximum atomic E-state index is 12.1. The number of carbonyl (C=O) groups excluding carboxylic acids is 1. The van der Waals surface area contributed by atoms with Crippen LogP contribution in [-0.2, 0) is 10.2 Å². The molecule has 0 amide bonds. The molecule has 0 heterocycles. The van der Waals surface area contributed by atoms with Gasteiger partial charge in [0.2, 0.25) is 0 Å². The van der Waals surface area contributed by atoms with Crippen LogP contribution in [0.2, 0.25) is 0 Å².